The predicted octanol–water partition coefficient (Wildman–Crippen LogP) is 3.19. The number of fused-ring (bicyclic) bond motifs is 1. The molecule has 1 N–H and O–H groups in total. The SMILES string of the molecule is COc1ccc(-c2noc(CN3CCN(C(=O)c4cc5ccccc5[nH]4)CC3)n2)cc1OC. The molecule has 170 valence electrons. The van der Waals surface area contributed by atoms with Gasteiger partial charge in [0.1, 0.15) is 5.69 Å². The summed E-state index contributed by atoms with van der Waals surface area (Å²) in [6.45, 7) is 3.30. The van der Waals surface area contributed by atoms with Crippen molar-refractivity contribution in [3.63, 3.8) is 0 Å². The average molecular weight is 447 g/mol. The van der Waals surface area contributed by atoms with Crippen molar-refractivity contribution >= 4 is 16.8 Å². The van der Waals surface area contributed by atoms with Crippen LogP contribution in [-0.4, -0.2) is 71.2 Å². The van der Waals surface area contributed by atoms with Gasteiger partial charge in [0.2, 0.25) is 11.7 Å². The molecule has 9 nitrogen and oxygen atoms in total. The van der Waals surface area contributed by atoms with Gasteiger partial charge < -0.3 is 23.9 Å². The molecular weight excluding hydrogens is 422 g/mol. The molecule has 0 spiro atoms. The first kappa shape index (κ1) is 21.0. The van der Waals surface area contributed by atoms with Crippen molar-refractivity contribution in [3.05, 3.63) is 60.1 Å². The Kier molecular flexibility index (Phi) is 5.70. The zero-order chi connectivity index (χ0) is 22.8. The van der Waals surface area contributed by atoms with E-state index in [-0.39, 0.29) is 5.91 Å². The topological polar surface area (TPSA) is 96.7 Å². The number of nitrogens with one attached hydrogen (secondary N) is 1. The van der Waals surface area contributed by atoms with Gasteiger partial charge in [-0.05, 0) is 30.3 Å². The van der Waals surface area contributed by atoms with Gasteiger partial charge in [0.25, 0.3) is 5.91 Å². The van der Waals surface area contributed by atoms with Crippen LogP contribution in [-0.2, 0) is 6.54 Å². The highest BCUT2D eigenvalue weighted by Gasteiger charge is 2.24. The number of aromatic amines is 1. The summed E-state index contributed by atoms with van der Waals surface area (Å²) in [5.41, 5.74) is 2.39. The normalized spacial score (nSPS) is 14.5. The molecule has 4 aromatic rings. The van der Waals surface area contributed by atoms with Crippen molar-refractivity contribution in [2.45, 2.75) is 6.54 Å². The molecule has 0 atom stereocenters. The lowest BCUT2D eigenvalue weighted by Crippen LogP contribution is -2.48. The van der Waals surface area contributed by atoms with E-state index in [1.54, 1.807) is 14.2 Å². The van der Waals surface area contributed by atoms with E-state index in [1.165, 1.54) is 0 Å². The maximum atomic E-state index is 12.9. The summed E-state index contributed by atoms with van der Waals surface area (Å²) in [7, 11) is 3.18. The number of para-hydroxylation sites is 1. The molecule has 0 bridgehead atoms. The number of benzene rings is 2. The van der Waals surface area contributed by atoms with E-state index in [4.69, 9.17) is 14.0 Å². The molecule has 1 saturated heterocycles. The van der Waals surface area contributed by atoms with Gasteiger partial charge in [0, 0.05) is 42.6 Å². The molecule has 1 amide bonds. The third-order valence-corrected chi connectivity index (χ3v) is 5.89. The van der Waals surface area contributed by atoms with Crippen LogP contribution >= 0.6 is 0 Å². The molecular formula is C24H25N5O4. The second-order valence-corrected chi connectivity index (χ2v) is 7.92. The molecule has 0 saturated carbocycles. The molecule has 2 aromatic carbocycles. The molecule has 0 aliphatic carbocycles. The van der Waals surface area contributed by atoms with Crippen LogP contribution in [0.25, 0.3) is 22.3 Å². The Morgan fingerprint density at radius 1 is 1.03 bits per heavy atom. The van der Waals surface area contributed by atoms with Gasteiger partial charge in [-0.25, -0.2) is 0 Å². The molecule has 1 aliphatic heterocycles. The number of amides is 1. The Labute approximate surface area is 190 Å². The molecule has 3 heterocycles. The Balaban J connectivity index is 1.19. The Hall–Kier alpha value is -3.85. The van der Waals surface area contributed by atoms with Gasteiger partial charge in [-0.15, -0.1) is 0 Å². The Bertz CT molecular complexity index is 1240. The number of methoxy groups -OCH3 is 2. The van der Waals surface area contributed by atoms with Crippen LogP contribution in [0.2, 0.25) is 0 Å². The Morgan fingerprint density at radius 2 is 1.82 bits per heavy atom. The van der Waals surface area contributed by atoms with E-state index in [0.29, 0.717) is 48.5 Å². The van der Waals surface area contributed by atoms with Gasteiger partial charge in [-0.3, -0.25) is 9.69 Å². The summed E-state index contributed by atoms with van der Waals surface area (Å²) in [5, 5.41) is 5.15. The smallest absolute Gasteiger partial charge is 0.270 e. The first-order valence-corrected chi connectivity index (χ1v) is 10.8. The van der Waals surface area contributed by atoms with Crippen LogP contribution in [0.1, 0.15) is 16.4 Å². The van der Waals surface area contributed by atoms with E-state index in [2.05, 4.69) is 20.0 Å². The first-order valence-electron chi connectivity index (χ1n) is 10.8. The number of hydrogen-bond acceptors (Lipinski definition) is 7. The molecule has 33 heavy (non-hydrogen) atoms. The largest absolute Gasteiger partial charge is 0.493 e. The van der Waals surface area contributed by atoms with Crippen molar-refractivity contribution in [1.82, 2.24) is 24.9 Å². The van der Waals surface area contributed by atoms with Crippen molar-refractivity contribution in [2.24, 2.45) is 0 Å². The fourth-order valence-corrected chi connectivity index (χ4v) is 4.07. The zero-order valence-corrected chi connectivity index (χ0v) is 18.6. The van der Waals surface area contributed by atoms with Crippen LogP contribution in [0.15, 0.2) is 53.1 Å². The predicted molar refractivity (Wildman–Crippen MR) is 122 cm³/mol. The van der Waals surface area contributed by atoms with Crippen molar-refractivity contribution in [2.75, 3.05) is 40.4 Å². The molecule has 2 aromatic heterocycles. The highest BCUT2D eigenvalue weighted by atomic mass is 16.5. The lowest BCUT2D eigenvalue weighted by atomic mass is 10.2. The lowest BCUT2D eigenvalue weighted by molar-refractivity contribution is 0.0610. The third kappa shape index (κ3) is 4.27. The minimum absolute atomic E-state index is 0.0272. The number of hydrogen-bond donors (Lipinski definition) is 1. The second-order valence-electron chi connectivity index (χ2n) is 7.92. The van der Waals surface area contributed by atoms with Gasteiger partial charge in [-0.1, -0.05) is 23.4 Å². The molecule has 0 radical (unpaired) electrons. The standard InChI is InChI=1S/C24H25N5O4/c1-31-20-8-7-17(14-21(20)32-2)23-26-22(33-27-23)15-28-9-11-29(12-10-28)24(30)19-13-16-5-3-4-6-18(16)25-19/h3-8,13-14,25H,9-12,15H2,1-2H3. The molecule has 1 aliphatic rings. The van der Waals surface area contributed by atoms with Crippen LogP contribution in [0, 0.1) is 0 Å². The zero-order valence-electron chi connectivity index (χ0n) is 18.6. The highest BCUT2D eigenvalue weighted by molar-refractivity contribution is 5.98. The van der Waals surface area contributed by atoms with Crippen LogP contribution in [0.5, 0.6) is 11.5 Å². The molecule has 5 rings (SSSR count). The van der Waals surface area contributed by atoms with Crippen molar-refractivity contribution < 1.29 is 18.8 Å². The van der Waals surface area contributed by atoms with Gasteiger partial charge in [0.05, 0.1) is 20.8 Å². The van der Waals surface area contributed by atoms with E-state index >= 15 is 0 Å². The molecule has 1 fully saturated rings. The number of rotatable bonds is 6. The van der Waals surface area contributed by atoms with Gasteiger partial charge in [-0.2, -0.15) is 4.98 Å². The monoisotopic (exact) mass is 447 g/mol. The number of ether oxygens (including phenoxy) is 2. The number of piperazine rings is 1. The maximum absolute atomic E-state index is 12.9. The average Bonchev–Trinajstić information content (AvgIpc) is 3.51. The third-order valence-electron chi connectivity index (χ3n) is 5.89. The van der Waals surface area contributed by atoms with Crippen LogP contribution < -0.4 is 9.47 Å². The number of aromatic nitrogens is 3. The first-order chi connectivity index (χ1) is 16.1. The summed E-state index contributed by atoms with van der Waals surface area (Å²) < 4.78 is 16.1. The number of carbonyl (C=O) groups is 1. The summed E-state index contributed by atoms with van der Waals surface area (Å²) in [6, 6.07) is 15.3. The minimum Gasteiger partial charge on any atom is -0.493 e. The van der Waals surface area contributed by atoms with E-state index in [1.807, 2.05) is 53.4 Å². The van der Waals surface area contributed by atoms with Crippen LogP contribution in [0.4, 0.5) is 0 Å². The highest BCUT2D eigenvalue weighted by Crippen LogP contribution is 2.31. The summed E-state index contributed by atoms with van der Waals surface area (Å²) in [6.07, 6.45) is 0. The van der Waals surface area contributed by atoms with Gasteiger partial charge in [0.15, 0.2) is 11.5 Å². The summed E-state index contributed by atoms with van der Waals surface area (Å²) in [4.78, 5) is 24.7. The van der Waals surface area contributed by atoms with Gasteiger partial charge >= 0.3 is 0 Å². The minimum atomic E-state index is 0.0272. The molecule has 0 unspecified atom stereocenters. The summed E-state index contributed by atoms with van der Waals surface area (Å²) in [5.74, 6) is 2.31. The fourth-order valence-electron chi connectivity index (χ4n) is 4.07. The maximum Gasteiger partial charge on any atom is 0.270 e. The van der Waals surface area contributed by atoms with Crippen molar-refractivity contribution in [1.29, 1.82) is 0 Å². The van der Waals surface area contributed by atoms with Crippen molar-refractivity contribution in [3.8, 4) is 22.9 Å². The number of nitrogens with zero attached hydrogens (tertiary/aromatic N) is 4. The fraction of sp³-hybridized carbons (Fsp3) is 0.292. The molecule has 9 heteroatoms. The van der Waals surface area contributed by atoms with E-state index in [9.17, 15) is 4.79 Å². The second kappa shape index (κ2) is 8.95. The van der Waals surface area contributed by atoms with Crippen LogP contribution in [0.3, 0.4) is 0 Å². The lowest BCUT2D eigenvalue weighted by Gasteiger charge is -2.33. The number of H-pyrrole nitrogens is 1. The van der Waals surface area contributed by atoms with E-state index in [0.717, 1.165) is 29.6 Å². The summed E-state index contributed by atoms with van der Waals surface area (Å²) >= 11 is 0. The van der Waals surface area contributed by atoms with E-state index < -0.39 is 0 Å². The quantitative estimate of drug-likeness (QED) is 0.485. The Morgan fingerprint density at radius 3 is 2.58 bits per heavy atom. The number of carbonyl (C=O) groups excluding carboxylic acids is 1.